The molecule has 9 heteroatoms. The zero-order valence-electron chi connectivity index (χ0n) is 10.7. The molecule has 0 atom stereocenters. The molecule has 0 aliphatic heterocycles. The third-order valence-electron chi connectivity index (χ3n) is 2.22. The number of nitrogen functional groups attached to an aromatic ring is 1. The minimum absolute atomic E-state index is 0.160. The van der Waals surface area contributed by atoms with Crippen molar-refractivity contribution in [2.75, 3.05) is 18.9 Å². The lowest BCUT2D eigenvalue weighted by molar-refractivity contribution is -0.142. The Balaban J connectivity index is 2.82. The van der Waals surface area contributed by atoms with E-state index in [0.717, 1.165) is 0 Å². The van der Waals surface area contributed by atoms with Gasteiger partial charge >= 0.3 is 5.97 Å². The second-order valence-corrected chi connectivity index (χ2v) is 5.47. The van der Waals surface area contributed by atoms with Gasteiger partial charge in [-0.1, -0.05) is 0 Å². The average Bonchev–Trinajstić information content (AvgIpc) is 2.26. The van der Waals surface area contributed by atoms with Crippen LogP contribution in [0.3, 0.4) is 0 Å². The number of benzene rings is 1. The van der Waals surface area contributed by atoms with E-state index >= 15 is 0 Å². The summed E-state index contributed by atoms with van der Waals surface area (Å²) in [4.78, 5) is 9.89. The Morgan fingerprint density at radius 1 is 1.35 bits per heavy atom. The smallest absolute Gasteiger partial charge is 0.307 e. The summed E-state index contributed by atoms with van der Waals surface area (Å²) in [6, 6.07) is 1.39. The molecule has 0 saturated heterocycles. The molecule has 0 saturated carbocycles. The Kier molecular flexibility index (Phi) is 5.40. The Morgan fingerprint density at radius 2 is 1.90 bits per heavy atom. The maximum Gasteiger partial charge on any atom is 0.307 e. The fraction of sp³-hybridized carbons (Fsp3) is 0.364. The number of ether oxygens (including phenoxy) is 1. The summed E-state index contributed by atoms with van der Waals surface area (Å²) >= 11 is 0. The number of esters is 1. The Morgan fingerprint density at radius 3 is 2.40 bits per heavy atom. The maximum absolute atomic E-state index is 13.5. The molecule has 0 heterocycles. The highest BCUT2D eigenvalue weighted by Crippen LogP contribution is 2.21. The van der Waals surface area contributed by atoms with Crippen LogP contribution in [-0.2, 0) is 19.6 Å². The first-order valence-corrected chi connectivity index (χ1v) is 7.16. The number of hydrogen-bond donors (Lipinski definition) is 2. The van der Waals surface area contributed by atoms with Gasteiger partial charge in [-0.2, -0.15) is 0 Å². The molecule has 1 rings (SSSR count). The second-order valence-electron chi connectivity index (χ2n) is 3.77. The zero-order valence-corrected chi connectivity index (χ0v) is 11.5. The Labute approximate surface area is 115 Å². The molecule has 1 aromatic carbocycles. The molecule has 0 aliphatic rings. The Bertz CT molecular complexity index is 581. The molecular weight excluding hydrogens is 294 g/mol. The third kappa shape index (κ3) is 4.14. The molecule has 3 N–H and O–H groups in total. The second kappa shape index (κ2) is 6.62. The number of carbonyl (C=O) groups is 1. The lowest BCUT2D eigenvalue weighted by Gasteiger charge is -2.09. The lowest BCUT2D eigenvalue weighted by Crippen LogP contribution is -2.28. The van der Waals surface area contributed by atoms with Gasteiger partial charge in [0.25, 0.3) is 0 Å². The van der Waals surface area contributed by atoms with Gasteiger partial charge in [-0.25, -0.2) is 21.9 Å². The van der Waals surface area contributed by atoms with Crippen LogP contribution in [0, 0.1) is 11.6 Å². The van der Waals surface area contributed by atoms with Crippen molar-refractivity contribution in [3.8, 4) is 0 Å². The minimum Gasteiger partial charge on any atom is -0.466 e. The first-order chi connectivity index (χ1) is 9.27. The number of nitrogens with two attached hydrogens (primary N) is 1. The van der Waals surface area contributed by atoms with Crippen LogP contribution in [0.2, 0.25) is 0 Å². The van der Waals surface area contributed by atoms with Crippen molar-refractivity contribution in [1.82, 2.24) is 4.72 Å². The first kappa shape index (κ1) is 16.3. The van der Waals surface area contributed by atoms with Crippen molar-refractivity contribution >= 4 is 21.7 Å². The summed E-state index contributed by atoms with van der Waals surface area (Å²) in [5.41, 5.74) is 4.96. The Hall–Kier alpha value is -1.74. The van der Waals surface area contributed by atoms with Gasteiger partial charge in [0, 0.05) is 12.2 Å². The van der Waals surface area contributed by atoms with E-state index in [2.05, 4.69) is 4.74 Å². The molecule has 0 aromatic heterocycles. The monoisotopic (exact) mass is 308 g/mol. The number of halogens is 2. The highest BCUT2D eigenvalue weighted by atomic mass is 32.2. The predicted octanol–water partition coefficient (Wildman–Crippen LogP) is 0.779. The van der Waals surface area contributed by atoms with E-state index in [0.29, 0.717) is 12.1 Å². The lowest BCUT2D eigenvalue weighted by atomic mass is 10.3. The number of hydrogen-bond acceptors (Lipinski definition) is 5. The molecule has 6 nitrogen and oxygen atoms in total. The molecule has 0 radical (unpaired) electrons. The van der Waals surface area contributed by atoms with Gasteiger partial charge in [0.2, 0.25) is 10.0 Å². The number of nitrogens with one attached hydrogen (secondary N) is 1. The zero-order chi connectivity index (χ0) is 15.3. The van der Waals surface area contributed by atoms with E-state index in [1.165, 1.54) is 0 Å². The van der Waals surface area contributed by atoms with Gasteiger partial charge in [0.1, 0.15) is 11.6 Å². The molecule has 1 aromatic rings. The van der Waals surface area contributed by atoms with Crippen LogP contribution in [0.25, 0.3) is 0 Å². The average molecular weight is 308 g/mol. The largest absolute Gasteiger partial charge is 0.466 e. The van der Waals surface area contributed by atoms with Crippen LogP contribution in [0.1, 0.15) is 13.3 Å². The molecule has 0 spiro atoms. The molecule has 0 amide bonds. The van der Waals surface area contributed by atoms with E-state index in [1.54, 1.807) is 6.92 Å². The van der Waals surface area contributed by atoms with Crippen LogP contribution in [0.15, 0.2) is 17.0 Å². The van der Waals surface area contributed by atoms with E-state index in [4.69, 9.17) is 5.73 Å². The number of anilines is 1. The van der Waals surface area contributed by atoms with E-state index in [9.17, 15) is 22.0 Å². The molecule has 0 bridgehead atoms. The SMILES string of the molecule is CCOC(=O)CCNS(=O)(=O)c1c(F)cc(N)cc1F. The van der Waals surface area contributed by atoms with Gasteiger partial charge in [0.05, 0.1) is 13.0 Å². The fourth-order valence-corrected chi connectivity index (χ4v) is 2.58. The summed E-state index contributed by atoms with van der Waals surface area (Å²) in [6.45, 7) is 1.43. The van der Waals surface area contributed by atoms with Crippen molar-refractivity contribution in [2.45, 2.75) is 18.2 Å². The molecule has 20 heavy (non-hydrogen) atoms. The predicted molar refractivity (Wildman–Crippen MR) is 67.2 cm³/mol. The summed E-state index contributed by atoms with van der Waals surface area (Å²) in [7, 11) is -4.41. The van der Waals surface area contributed by atoms with Crippen LogP contribution in [0.4, 0.5) is 14.5 Å². The summed E-state index contributed by atoms with van der Waals surface area (Å²) in [5.74, 6) is -3.22. The quantitative estimate of drug-likeness (QED) is 0.597. The van der Waals surface area contributed by atoms with Crippen LogP contribution in [-0.4, -0.2) is 27.5 Å². The number of rotatable bonds is 6. The van der Waals surface area contributed by atoms with Crippen LogP contribution < -0.4 is 10.5 Å². The first-order valence-electron chi connectivity index (χ1n) is 5.67. The van der Waals surface area contributed by atoms with E-state index < -0.39 is 32.5 Å². The summed E-state index contributed by atoms with van der Waals surface area (Å²) in [6.07, 6.45) is -0.245. The standard InChI is InChI=1S/C11H14F2N2O4S/c1-2-19-10(16)3-4-15-20(17,18)11-8(12)5-7(14)6-9(11)13/h5-6,15H,2-4,14H2,1H3. The van der Waals surface area contributed by atoms with E-state index in [-0.39, 0.29) is 25.3 Å². The number of sulfonamides is 1. The van der Waals surface area contributed by atoms with Gasteiger partial charge in [0.15, 0.2) is 4.90 Å². The normalized spacial score (nSPS) is 11.3. The molecule has 0 unspecified atom stereocenters. The summed E-state index contributed by atoms with van der Waals surface area (Å²) in [5, 5.41) is 0. The molecule has 112 valence electrons. The van der Waals surface area contributed by atoms with Gasteiger partial charge in [-0.15, -0.1) is 0 Å². The number of carbonyl (C=O) groups excluding carboxylic acids is 1. The van der Waals surface area contributed by atoms with Crippen molar-refractivity contribution in [3.05, 3.63) is 23.8 Å². The van der Waals surface area contributed by atoms with Crippen molar-refractivity contribution in [1.29, 1.82) is 0 Å². The van der Waals surface area contributed by atoms with Gasteiger partial charge < -0.3 is 10.5 Å². The topological polar surface area (TPSA) is 98.5 Å². The third-order valence-corrected chi connectivity index (χ3v) is 3.73. The van der Waals surface area contributed by atoms with Crippen LogP contribution >= 0.6 is 0 Å². The van der Waals surface area contributed by atoms with Crippen molar-refractivity contribution < 1.29 is 26.7 Å². The molecule has 0 fully saturated rings. The van der Waals surface area contributed by atoms with Crippen LogP contribution in [0.5, 0.6) is 0 Å². The highest BCUT2D eigenvalue weighted by Gasteiger charge is 2.24. The highest BCUT2D eigenvalue weighted by molar-refractivity contribution is 7.89. The van der Waals surface area contributed by atoms with E-state index in [1.807, 2.05) is 4.72 Å². The summed E-state index contributed by atoms with van der Waals surface area (Å²) < 4.78 is 56.9. The van der Waals surface area contributed by atoms with Gasteiger partial charge in [-0.05, 0) is 19.1 Å². The molecule has 0 aliphatic carbocycles. The van der Waals surface area contributed by atoms with Crippen molar-refractivity contribution in [3.63, 3.8) is 0 Å². The van der Waals surface area contributed by atoms with Gasteiger partial charge in [-0.3, -0.25) is 4.79 Å². The van der Waals surface area contributed by atoms with Crippen molar-refractivity contribution in [2.24, 2.45) is 0 Å². The molecular formula is C11H14F2N2O4S. The maximum atomic E-state index is 13.5. The fourth-order valence-electron chi connectivity index (χ4n) is 1.43. The minimum atomic E-state index is -4.41.